The highest BCUT2D eigenvalue weighted by Gasteiger charge is 2.19. The average Bonchev–Trinajstić information content (AvgIpc) is 2.78. The molecule has 0 saturated heterocycles. The summed E-state index contributed by atoms with van der Waals surface area (Å²) in [5.41, 5.74) is 3.13. The fourth-order valence-corrected chi connectivity index (χ4v) is 3.65. The molecule has 0 bridgehead atoms. The van der Waals surface area contributed by atoms with E-state index in [2.05, 4.69) is 25.3 Å². The first-order valence-electron chi connectivity index (χ1n) is 9.93. The third-order valence-corrected chi connectivity index (χ3v) is 5.15. The number of nitrogens with zero attached hydrogens (tertiary/aromatic N) is 4. The van der Waals surface area contributed by atoms with Crippen LogP contribution in [-0.2, 0) is 0 Å². The van der Waals surface area contributed by atoms with Crippen molar-refractivity contribution in [2.45, 2.75) is 13.8 Å². The second kappa shape index (κ2) is 8.03. The van der Waals surface area contributed by atoms with Gasteiger partial charge in [0.25, 0.3) is 0 Å². The topological polar surface area (TPSA) is 91.3 Å². The van der Waals surface area contributed by atoms with E-state index in [1.165, 1.54) is 0 Å². The summed E-state index contributed by atoms with van der Waals surface area (Å²) in [4.78, 5) is 18.4. The van der Waals surface area contributed by atoms with Crippen molar-refractivity contribution < 1.29 is 14.2 Å². The molecule has 3 heterocycles. The maximum atomic E-state index is 5.82. The zero-order valence-electron chi connectivity index (χ0n) is 17.1. The highest BCUT2D eigenvalue weighted by Crippen LogP contribution is 2.37. The average molecular weight is 438 g/mol. The van der Waals surface area contributed by atoms with E-state index in [1.54, 1.807) is 0 Å². The number of alkyl halides is 1. The summed E-state index contributed by atoms with van der Waals surface area (Å²) in [5.74, 6) is 3.31. The molecule has 0 amide bonds. The molecule has 4 aromatic rings. The lowest BCUT2D eigenvalue weighted by molar-refractivity contribution is 0.173. The van der Waals surface area contributed by atoms with E-state index in [0.717, 1.165) is 33.4 Å². The van der Waals surface area contributed by atoms with Crippen molar-refractivity contribution in [2.24, 2.45) is 0 Å². The molecule has 0 unspecified atom stereocenters. The van der Waals surface area contributed by atoms with E-state index < -0.39 is 0 Å². The minimum absolute atomic E-state index is 0.397. The number of halogens is 1. The number of aromatic nitrogens is 4. The smallest absolute Gasteiger partial charge is 0.230 e. The van der Waals surface area contributed by atoms with Gasteiger partial charge in [-0.3, -0.25) is 5.32 Å². The lowest BCUT2D eigenvalue weighted by Gasteiger charge is -2.20. The van der Waals surface area contributed by atoms with Gasteiger partial charge in [0.05, 0.1) is 22.8 Å². The number of fused-ring (bicyclic) bond motifs is 4. The Labute approximate surface area is 183 Å². The number of anilines is 2. The van der Waals surface area contributed by atoms with Crippen molar-refractivity contribution in [3.05, 3.63) is 41.7 Å². The van der Waals surface area contributed by atoms with Crippen LogP contribution < -0.4 is 19.5 Å². The molecule has 8 nitrogen and oxygen atoms in total. The van der Waals surface area contributed by atoms with Gasteiger partial charge in [0, 0.05) is 10.8 Å². The molecule has 9 heteroatoms. The molecule has 5 rings (SSSR count). The molecule has 158 valence electrons. The molecule has 0 aliphatic carbocycles. The fourth-order valence-electron chi connectivity index (χ4n) is 3.57. The van der Waals surface area contributed by atoms with Crippen LogP contribution in [0.1, 0.15) is 11.4 Å². The van der Waals surface area contributed by atoms with E-state index in [-0.39, 0.29) is 0 Å². The van der Waals surface area contributed by atoms with Crippen LogP contribution in [0.5, 0.6) is 17.2 Å². The van der Waals surface area contributed by atoms with Crippen LogP contribution in [0.15, 0.2) is 30.3 Å². The zero-order chi connectivity index (χ0) is 21.4. The van der Waals surface area contributed by atoms with Gasteiger partial charge in [-0.25, -0.2) is 19.9 Å². The van der Waals surface area contributed by atoms with Crippen LogP contribution >= 0.6 is 11.6 Å². The molecule has 0 radical (unpaired) electrons. The molecular weight excluding hydrogens is 418 g/mol. The Kier molecular flexibility index (Phi) is 5.07. The Balaban J connectivity index is 1.51. The van der Waals surface area contributed by atoms with Crippen LogP contribution in [0.25, 0.3) is 21.8 Å². The SMILES string of the molecule is Cc1nc(Nc2nc(C)c3ccc4c(c3n2)OCCO4)nc2ccc(OCCCl)cc12. The van der Waals surface area contributed by atoms with Gasteiger partial charge in [-0.1, -0.05) is 0 Å². The summed E-state index contributed by atoms with van der Waals surface area (Å²) >= 11 is 5.70. The Morgan fingerprint density at radius 2 is 1.71 bits per heavy atom. The van der Waals surface area contributed by atoms with Gasteiger partial charge >= 0.3 is 0 Å². The first-order chi connectivity index (χ1) is 15.1. The summed E-state index contributed by atoms with van der Waals surface area (Å²) in [5, 5.41) is 4.96. The van der Waals surface area contributed by atoms with Crippen molar-refractivity contribution in [2.75, 3.05) is 31.0 Å². The summed E-state index contributed by atoms with van der Waals surface area (Å²) in [6.45, 7) is 5.32. The number of hydrogen-bond acceptors (Lipinski definition) is 8. The molecule has 1 aliphatic rings. The second-order valence-electron chi connectivity index (χ2n) is 7.09. The highest BCUT2D eigenvalue weighted by atomic mass is 35.5. The van der Waals surface area contributed by atoms with E-state index >= 15 is 0 Å². The van der Waals surface area contributed by atoms with Crippen molar-refractivity contribution in [1.29, 1.82) is 0 Å². The fraction of sp³-hybridized carbons (Fsp3) is 0.273. The van der Waals surface area contributed by atoms with Crippen molar-refractivity contribution in [3.8, 4) is 17.2 Å². The molecule has 31 heavy (non-hydrogen) atoms. The maximum absolute atomic E-state index is 5.82. The second-order valence-corrected chi connectivity index (χ2v) is 7.47. The van der Waals surface area contributed by atoms with Gasteiger partial charge in [-0.15, -0.1) is 11.6 Å². The normalized spacial score (nSPS) is 12.9. The third kappa shape index (κ3) is 3.74. The van der Waals surface area contributed by atoms with Crippen LogP contribution in [0.2, 0.25) is 0 Å². The van der Waals surface area contributed by atoms with Crippen LogP contribution in [0.3, 0.4) is 0 Å². The number of benzene rings is 2. The Morgan fingerprint density at radius 3 is 2.55 bits per heavy atom. The first-order valence-corrected chi connectivity index (χ1v) is 10.5. The maximum Gasteiger partial charge on any atom is 0.230 e. The molecule has 2 aromatic heterocycles. The summed E-state index contributed by atoms with van der Waals surface area (Å²) < 4.78 is 17.1. The monoisotopic (exact) mass is 437 g/mol. The number of hydrogen-bond donors (Lipinski definition) is 1. The summed E-state index contributed by atoms with van der Waals surface area (Å²) in [7, 11) is 0. The number of aryl methyl sites for hydroxylation is 2. The Bertz CT molecular complexity index is 1300. The molecule has 1 aliphatic heterocycles. The third-order valence-electron chi connectivity index (χ3n) is 4.99. The largest absolute Gasteiger partial charge is 0.492 e. The van der Waals surface area contributed by atoms with Gasteiger partial charge in [0.2, 0.25) is 11.9 Å². The summed E-state index contributed by atoms with van der Waals surface area (Å²) in [6, 6.07) is 9.52. The first kappa shape index (κ1) is 19.6. The van der Waals surface area contributed by atoms with Gasteiger partial charge in [-0.2, -0.15) is 0 Å². The lowest BCUT2D eigenvalue weighted by Crippen LogP contribution is -2.16. The van der Waals surface area contributed by atoms with Gasteiger partial charge in [-0.05, 0) is 44.2 Å². The molecule has 1 N–H and O–H groups in total. The van der Waals surface area contributed by atoms with Gasteiger partial charge in [0.1, 0.15) is 31.1 Å². The molecule has 0 atom stereocenters. The zero-order valence-corrected chi connectivity index (χ0v) is 17.9. The predicted octanol–water partition coefficient (Wildman–Crippen LogP) is 4.32. The van der Waals surface area contributed by atoms with Crippen molar-refractivity contribution >= 4 is 45.3 Å². The van der Waals surface area contributed by atoms with Crippen molar-refractivity contribution in [1.82, 2.24) is 19.9 Å². The minimum Gasteiger partial charge on any atom is -0.492 e. The number of nitrogens with one attached hydrogen (secondary N) is 1. The van der Waals surface area contributed by atoms with Crippen LogP contribution in [-0.4, -0.2) is 45.6 Å². The molecule has 0 spiro atoms. The van der Waals surface area contributed by atoms with Gasteiger partial charge in [0.15, 0.2) is 11.5 Å². The van der Waals surface area contributed by atoms with Crippen LogP contribution in [0, 0.1) is 13.8 Å². The highest BCUT2D eigenvalue weighted by molar-refractivity contribution is 6.18. The minimum atomic E-state index is 0.397. The molecule has 0 fully saturated rings. The van der Waals surface area contributed by atoms with E-state index in [1.807, 2.05) is 44.2 Å². The standard InChI is InChI=1S/C22H20ClN5O3/c1-12-15-4-6-18-20(31-10-9-30-18)19(15)27-22(24-12)28-21-25-13(2)16-11-14(29-8-7-23)3-5-17(16)26-21/h3-6,11H,7-10H2,1-2H3,(H,24,25,26,27,28). The van der Waals surface area contributed by atoms with Gasteiger partial charge < -0.3 is 14.2 Å². The van der Waals surface area contributed by atoms with Crippen molar-refractivity contribution in [3.63, 3.8) is 0 Å². The van der Waals surface area contributed by atoms with E-state index in [9.17, 15) is 0 Å². The quantitative estimate of drug-likeness (QED) is 0.461. The van der Waals surface area contributed by atoms with Crippen LogP contribution in [0.4, 0.5) is 11.9 Å². The molecule has 0 saturated carbocycles. The number of rotatable bonds is 5. The number of ether oxygens (including phenoxy) is 3. The van der Waals surface area contributed by atoms with E-state index in [0.29, 0.717) is 54.6 Å². The molecular formula is C22H20ClN5O3. The predicted molar refractivity (Wildman–Crippen MR) is 119 cm³/mol. The lowest BCUT2D eigenvalue weighted by atomic mass is 10.1. The Hall–Kier alpha value is -3.39. The molecule has 2 aromatic carbocycles. The van der Waals surface area contributed by atoms with E-state index in [4.69, 9.17) is 25.8 Å². The summed E-state index contributed by atoms with van der Waals surface area (Å²) in [6.07, 6.45) is 0. The Morgan fingerprint density at radius 1 is 0.935 bits per heavy atom.